The molecule has 5 nitrogen and oxygen atoms in total. The van der Waals surface area contributed by atoms with E-state index in [1.54, 1.807) is 6.92 Å². The van der Waals surface area contributed by atoms with E-state index in [2.05, 4.69) is 0 Å². The number of nitrogens with zero attached hydrogens (tertiary/aromatic N) is 1. The second-order valence-corrected chi connectivity index (χ2v) is 4.79. The van der Waals surface area contributed by atoms with Gasteiger partial charge in [0.25, 0.3) is 0 Å². The maximum Gasteiger partial charge on any atom is 0.323 e. The molecule has 0 aromatic carbocycles. The molecule has 1 amide bonds. The molecule has 0 saturated heterocycles. The van der Waals surface area contributed by atoms with E-state index in [0.29, 0.717) is 0 Å². The molecular formula is C12H22N2O3. The molecule has 0 unspecified atom stereocenters. The first-order chi connectivity index (χ1) is 8.02. The zero-order chi connectivity index (χ0) is 12.8. The third-order valence-corrected chi connectivity index (χ3v) is 3.24. The van der Waals surface area contributed by atoms with Gasteiger partial charge in [-0.2, -0.15) is 0 Å². The van der Waals surface area contributed by atoms with Gasteiger partial charge in [-0.3, -0.25) is 9.59 Å². The molecule has 0 heterocycles. The maximum atomic E-state index is 11.9. The van der Waals surface area contributed by atoms with E-state index >= 15 is 0 Å². The van der Waals surface area contributed by atoms with Crippen LogP contribution in [0.3, 0.4) is 0 Å². The van der Waals surface area contributed by atoms with Crippen molar-refractivity contribution in [2.24, 2.45) is 5.73 Å². The number of hydrogen-bond acceptors (Lipinski definition) is 3. The van der Waals surface area contributed by atoms with Crippen LogP contribution >= 0.6 is 0 Å². The van der Waals surface area contributed by atoms with Gasteiger partial charge in [0.1, 0.15) is 6.54 Å². The molecule has 1 fully saturated rings. The van der Waals surface area contributed by atoms with Gasteiger partial charge < -0.3 is 15.7 Å². The number of aliphatic carboxylic acids is 1. The number of amides is 1. The SMILES string of the molecule is C[C@H](N)C(=O)N(CC(=O)O)C1CCCCCC1. The number of nitrogens with two attached hydrogens (primary N) is 1. The molecule has 3 N–H and O–H groups in total. The quantitative estimate of drug-likeness (QED) is 0.719. The Bertz CT molecular complexity index is 271. The molecule has 98 valence electrons. The van der Waals surface area contributed by atoms with Gasteiger partial charge in [-0.05, 0) is 19.8 Å². The molecule has 0 bridgehead atoms. The smallest absolute Gasteiger partial charge is 0.323 e. The monoisotopic (exact) mass is 242 g/mol. The van der Waals surface area contributed by atoms with Gasteiger partial charge in [0.2, 0.25) is 5.91 Å². The van der Waals surface area contributed by atoms with E-state index in [9.17, 15) is 9.59 Å². The Kier molecular flexibility index (Phi) is 5.41. The summed E-state index contributed by atoms with van der Waals surface area (Å²) in [7, 11) is 0. The molecule has 1 aliphatic carbocycles. The van der Waals surface area contributed by atoms with Crippen molar-refractivity contribution in [2.75, 3.05) is 6.54 Å². The van der Waals surface area contributed by atoms with Crippen LogP contribution in [0.4, 0.5) is 0 Å². The number of hydrogen-bond donors (Lipinski definition) is 2. The number of carbonyl (C=O) groups is 2. The Labute approximate surface area is 102 Å². The molecule has 0 aliphatic heterocycles. The molecule has 1 aliphatic rings. The van der Waals surface area contributed by atoms with Gasteiger partial charge in [0, 0.05) is 6.04 Å². The van der Waals surface area contributed by atoms with Crippen LogP contribution in [0.2, 0.25) is 0 Å². The van der Waals surface area contributed by atoms with Gasteiger partial charge in [-0.25, -0.2) is 0 Å². The lowest BCUT2D eigenvalue weighted by atomic mass is 10.1. The Morgan fingerprint density at radius 2 is 1.82 bits per heavy atom. The molecule has 5 heteroatoms. The standard InChI is InChI=1S/C12H22N2O3/c1-9(13)12(17)14(8-11(15)16)10-6-4-2-3-5-7-10/h9-10H,2-8,13H2,1H3,(H,15,16)/t9-/m0/s1. The molecule has 0 spiro atoms. The second kappa shape index (κ2) is 6.59. The predicted octanol–water partition coefficient (Wildman–Crippen LogP) is 0.970. The summed E-state index contributed by atoms with van der Waals surface area (Å²) < 4.78 is 0. The Morgan fingerprint density at radius 3 is 2.24 bits per heavy atom. The van der Waals surface area contributed by atoms with Crippen LogP contribution in [0.5, 0.6) is 0 Å². The van der Waals surface area contributed by atoms with Gasteiger partial charge in [0.15, 0.2) is 0 Å². The van der Waals surface area contributed by atoms with E-state index in [1.807, 2.05) is 0 Å². The van der Waals surface area contributed by atoms with Crippen molar-refractivity contribution < 1.29 is 14.7 Å². The Morgan fingerprint density at radius 1 is 1.29 bits per heavy atom. The first-order valence-electron chi connectivity index (χ1n) is 6.30. The minimum absolute atomic E-state index is 0.0482. The third kappa shape index (κ3) is 4.34. The highest BCUT2D eigenvalue weighted by atomic mass is 16.4. The Balaban J connectivity index is 2.72. The molecule has 0 radical (unpaired) electrons. The highest BCUT2D eigenvalue weighted by Gasteiger charge is 2.27. The molecule has 0 aromatic heterocycles. The largest absolute Gasteiger partial charge is 0.480 e. The predicted molar refractivity (Wildman–Crippen MR) is 64.5 cm³/mol. The topological polar surface area (TPSA) is 83.6 Å². The molecular weight excluding hydrogens is 220 g/mol. The zero-order valence-electron chi connectivity index (χ0n) is 10.4. The number of rotatable bonds is 4. The lowest BCUT2D eigenvalue weighted by Crippen LogP contribution is -2.49. The number of carboxylic acids is 1. The van der Waals surface area contributed by atoms with Gasteiger partial charge >= 0.3 is 5.97 Å². The first-order valence-corrected chi connectivity index (χ1v) is 6.30. The number of carbonyl (C=O) groups excluding carboxylic acids is 1. The van der Waals surface area contributed by atoms with E-state index < -0.39 is 12.0 Å². The van der Waals surface area contributed by atoms with E-state index in [0.717, 1.165) is 25.7 Å². The van der Waals surface area contributed by atoms with Gasteiger partial charge in [-0.15, -0.1) is 0 Å². The van der Waals surface area contributed by atoms with Crippen LogP contribution in [0.1, 0.15) is 45.4 Å². The molecule has 1 rings (SSSR count). The summed E-state index contributed by atoms with van der Waals surface area (Å²) in [4.78, 5) is 24.2. The van der Waals surface area contributed by atoms with Crippen LogP contribution in [0.15, 0.2) is 0 Å². The van der Waals surface area contributed by atoms with Crippen molar-refractivity contribution in [1.29, 1.82) is 0 Å². The van der Waals surface area contributed by atoms with Crippen LogP contribution in [-0.2, 0) is 9.59 Å². The normalized spacial score (nSPS) is 19.4. The van der Waals surface area contributed by atoms with E-state index in [4.69, 9.17) is 10.8 Å². The van der Waals surface area contributed by atoms with Crippen LogP contribution in [-0.4, -0.2) is 40.5 Å². The summed E-state index contributed by atoms with van der Waals surface area (Å²) in [5.74, 6) is -1.22. The van der Waals surface area contributed by atoms with E-state index in [-0.39, 0.29) is 18.5 Å². The van der Waals surface area contributed by atoms with Crippen molar-refractivity contribution in [3.63, 3.8) is 0 Å². The van der Waals surface area contributed by atoms with Crippen LogP contribution < -0.4 is 5.73 Å². The third-order valence-electron chi connectivity index (χ3n) is 3.24. The average molecular weight is 242 g/mol. The van der Waals surface area contributed by atoms with Crippen molar-refractivity contribution in [1.82, 2.24) is 4.90 Å². The fourth-order valence-electron chi connectivity index (χ4n) is 2.36. The summed E-state index contributed by atoms with van der Waals surface area (Å²) in [6, 6.07) is -0.579. The minimum Gasteiger partial charge on any atom is -0.480 e. The van der Waals surface area contributed by atoms with Crippen LogP contribution in [0.25, 0.3) is 0 Å². The van der Waals surface area contributed by atoms with E-state index in [1.165, 1.54) is 17.7 Å². The Hall–Kier alpha value is -1.10. The van der Waals surface area contributed by atoms with Gasteiger partial charge in [-0.1, -0.05) is 25.7 Å². The lowest BCUT2D eigenvalue weighted by Gasteiger charge is -2.31. The molecule has 1 atom stereocenters. The molecule has 1 saturated carbocycles. The summed E-state index contributed by atoms with van der Waals surface area (Å²) >= 11 is 0. The summed E-state index contributed by atoms with van der Waals surface area (Å²) in [6.07, 6.45) is 6.26. The van der Waals surface area contributed by atoms with Crippen molar-refractivity contribution in [3.8, 4) is 0 Å². The van der Waals surface area contributed by atoms with Crippen LogP contribution in [0, 0.1) is 0 Å². The second-order valence-electron chi connectivity index (χ2n) is 4.79. The first kappa shape index (κ1) is 14.0. The highest BCUT2D eigenvalue weighted by Crippen LogP contribution is 2.22. The average Bonchev–Trinajstić information content (AvgIpc) is 2.53. The molecule has 0 aromatic rings. The maximum absolute atomic E-state index is 11.9. The molecule has 17 heavy (non-hydrogen) atoms. The zero-order valence-corrected chi connectivity index (χ0v) is 10.4. The minimum atomic E-state index is -0.969. The summed E-state index contributed by atoms with van der Waals surface area (Å²) in [5.41, 5.74) is 5.57. The highest BCUT2D eigenvalue weighted by molar-refractivity contribution is 5.85. The number of carboxylic acid groups (broad SMARTS) is 1. The summed E-state index contributed by atoms with van der Waals surface area (Å²) in [6.45, 7) is 1.37. The summed E-state index contributed by atoms with van der Waals surface area (Å²) in [5, 5.41) is 8.88. The van der Waals surface area contributed by atoms with Crippen molar-refractivity contribution >= 4 is 11.9 Å². The van der Waals surface area contributed by atoms with Crippen molar-refractivity contribution in [3.05, 3.63) is 0 Å². The van der Waals surface area contributed by atoms with Crippen molar-refractivity contribution in [2.45, 2.75) is 57.5 Å². The fourth-order valence-corrected chi connectivity index (χ4v) is 2.36. The fraction of sp³-hybridized carbons (Fsp3) is 0.833. The van der Waals surface area contributed by atoms with Gasteiger partial charge in [0.05, 0.1) is 6.04 Å². The lowest BCUT2D eigenvalue weighted by molar-refractivity contribution is -0.146.